The first-order chi connectivity index (χ1) is 7.36. The molecular weight excluding hydrogens is 190 g/mol. The normalized spacial score (nSPS) is 20.4. The minimum absolute atomic E-state index is 0.175. The number of nitrogens with one attached hydrogen (secondary N) is 3. The second kappa shape index (κ2) is 4.98. The van der Waals surface area contributed by atoms with Crippen LogP contribution in [0.15, 0.2) is 18.3 Å². The van der Waals surface area contributed by atoms with Gasteiger partial charge in [0.05, 0.1) is 5.92 Å². The maximum absolute atomic E-state index is 11.6. The maximum atomic E-state index is 11.6. The second-order valence-corrected chi connectivity index (χ2v) is 3.93. The SMILES string of the molecule is O=C(NCCc1ccc[nH]1)C1CCNC1. The van der Waals surface area contributed by atoms with Gasteiger partial charge in [-0.25, -0.2) is 0 Å². The fourth-order valence-corrected chi connectivity index (χ4v) is 1.87. The van der Waals surface area contributed by atoms with E-state index in [0.717, 1.165) is 32.5 Å². The van der Waals surface area contributed by atoms with Crippen LogP contribution in [-0.4, -0.2) is 30.5 Å². The average Bonchev–Trinajstić information content (AvgIpc) is 2.90. The first-order valence-electron chi connectivity index (χ1n) is 5.47. The molecule has 0 saturated carbocycles. The monoisotopic (exact) mass is 207 g/mol. The van der Waals surface area contributed by atoms with Crippen LogP contribution in [0.3, 0.4) is 0 Å². The van der Waals surface area contributed by atoms with Crippen molar-refractivity contribution in [2.75, 3.05) is 19.6 Å². The fraction of sp³-hybridized carbons (Fsp3) is 0.545. The molecule has 15 heavy (non-hydrogen) atoms. The van der Waals surface area contributed by atoms with E-state index in [9.17, 15) is 4.79 Å². The summed E-state index contributed by atoms with van der Waals surface area (Å²) in [7, 11) is 0. The molecule has 1 atom stereocenters. The van der Waals surface area contributed by atoms with Crippen LogP contribution in [-0.2, 0) is 11.2 Å². The zero-order valence-electron chi connectivity index (χ0n) is 8.75. The quantitative estimate of drug-likeness (QED) is 0.664. The first-order valence-corrected chi connectivity index (χ1v) is 5.47. The standard InChI is InChI=1S/C11H17N3O/c15-11(9-3-6-12-8-9)14-7-4-10-2-1-5-13-10/h1-2,5,9,12-13H,3-4,6-8H2,(H,14,15). The number of aromatic amines is 1. The number of aromatic nitrogens is 1. The Bertz CT molecular complexity index is 302. The lowest BCUT2D eigenvalue weighted by Crippen LogP contribution is -2.33. The van der Waals surface area contributed by atoms with Crippen LogP contribution < -0.4 is 10.6 Å². The maximum Gasteiger partial charge on any atom is 0.224 e. The number of rotatable bonds is 4. The Labute approximate surface area is 89.5 Å². The van der Waals surface area contributed by atoms with Crippen molar-refractivity contribution in [1.82, 2.24) is 15.6 Å². The third kappa shape index (κ3) is 2.83. The number of hydrogen-bond acceptors (Lipinski definition) is 2. The summed E-state index contributed by atoms with van der Waals surface area (Å²) in [6, 6.07) is 4.00. The predicted molar refractivity (Wildman–Crippen MR) is 58.5 cm³/mol. The van der Waals surface area contributed by atoms with E-state index in [2.05, 4.69) is 15.6 Å². The molecule has 2 heterocycles. The Hall–Kier alpha value is -1.29. The molecule has 1 aromatic heterocycles. The van der Waals surface area contributed by atoms with Crippen molar-refractivity contribution in [3.63, 3.8) is 0 Å². The van der Waals surface area contributed by atoms with Gasteiger partial charge in [-0.2, -0.15) is 0 Å². The van der Waals surface area contributed by atoms with Crippen LogP contribution in [0.1, 0.15) is 12.1 Å². The molecule has 1 saturated heterocycles. The van der Waals surface area contributed by atoms with Gasteiger partial charge < -0.3 is 15.6 Å². The molecule has 1 aromatic rings. The summed E-state index contributed by atoms with van der Waals surface area (Å²) in [6.45, 7) is 2.51. The van der Waals surface area contributed by atoms with Crippen molar-refractivity contribution in [1.29, 1.82) is 0 Å². The number of H-pyrrole nitrogens is 1. The molecule has 4 heteroatoms. The van der Waals surface area contributed by atoms with Crippen LogP contribution >= 0.6 is 0 Å². The van der Waals surface area contributed by atoms with Gasteiger partial charge >= 0.3 is 0 Å². The minimum Gasteiger partial charge on any atom is -0.365 e. The van der Waals surface area contributed by atoms with Crippen molar-refractivity contribution in [2.24, 2.45) is 5.92 Å². The van der Waals surface area contributed by atoms with E-state index in [1.807, 2.05) is 18.3 Å². The Morgan fingerprint density at radius 2 is 2.53 bits per heavy atom. The van der Waals surface area contributed by atoms with Crippen LogP contribution in [0.4, 0.5) is 0 Å². The molecule has 1 aliphatic heterocycles. The summed E-state index contributed by atoms with van der Waals surface area (Å²) < 4.78 is 0. The Morgan fingerprint density at radius 3 is 3.20 bits per heavy atom. The highest BCUT2D eigenvalue weighted by molar-refractivity contribution is 5.79. The van der Waals surface area contributed by atoms with Gasteiger partial charge in [-0.05, 0) is 25.1 Å². The zero-order valence-corrected chi connectivity index (χ0v) is 8.75. The minimum atomic E-state index is 0.175. The summed E-state index contributed by atoms with van der Waals surface area (Å²) in [5.41, 5.74) is 1.17. The van der Waals surface area contributed by atoms with Crippen LogP contribution in [0, 0.1) is 5.92 Å². The molecule has 1 aliphatic rings. The van der Waals surface area contributed by atoms with Gasteiger partial charge in [-0.15, -0.1) is 0 Å². The Morgan fingerprint density at radius 1 is 1.60 bits per heavy atom. The van der Waals surface area contributed by atoms with E-state index in [-0.39, 0.29) is 11.8 Å². The van der Waals surface area contributed by atoms with Crippen LogP contribution in [0.25, 0.3) is 0 Å². The molecule has 0 bridgehead atoms. The van der Waals surface area contributed by atoms with E-state index >= 15 is 0 Å². The van der Waals surface area contributed by atoms with E-state index in [0.29, 0.717) is 0 Å². The van der Waals surface area contributed by atoms with Gasteiger partial charge in [0.1, 0.15) is 0 Å². The third-order valence-electron chi connectivity index (χ3n) is 2.79. The lowest BCUT2D eigenvalue weighted by Gasteiger charge is -2.08. The van der Waals surface area contributed by atoms with Gasteiger partial charge in [0.15, 0.2) is 0 Å². The molecule has 0 spiro atoms. The highest BCUT2D eigenvalue weighted by Crippen LogP contribution is 2.06. The smallest absolute Gasteiger partial charge is 0.224 e. The van der Waals surface area contributed by atoms with E-state index in [4.69, 9.17) is 0 Å². The average molecular weight is 207 g/mol. The van der Waals surface area contributed by atoms with Gasteiger partial charge in [-0.1, -0.05) is 0 Å². The molecule has 0 radical (unpaired) electrons. The number of amides is 1. The van der Waals surface area contributed by atoms with E-state index in [1.54, 1.807) is 0 Å². The van der Waals surface area contributed by atoms with E-state index < -0.39 is 0 Å². The Kier molecular flexibility index (Phi) is 3.40. The van der Waals surface area contributed by atoms with Gasteiger partial charge in [0, 0.05) is 31.4 Å². The van der Waals surface area contributed by atoms with Crippen LogP contribution in [0.5, 0.6) is 0 Å². The largest absolute Gasteiger partial charge is 0.365 e. The molecule has 0 aromatic carbocycles. The lowest BCUT2D eigenvalue weighted by atomic mass is 10.1. The Balaban J connectivity index is 1.67. The fourth-order valence-electron chi connectivity index (χ4n) is 1.87. The molecule has 1 fully saturated rings. The first kappa shape index (κ1) is 10.2. The highest BCUT2D eigenvalue weighted by atomic mass is 16.1. The number of carbonyl (C=O) groups excluding carboxylic acids is 1. The van der Waals surface area contributed by atoms with Crippen molar-refractivity contribution >= 4 is 5.91 Å². The number of hydrogen-bond donors (Lipinski definition) is 3. The molecule has 82 valence electrons. The molecule has 4 nitrogen and oxygen atoms in total. The van der Waals surface area contributed by atoms with Crippen LogP contribution in [0.2, 0.25) is 0 Å². The highest BCUT2D eigenvalue weighted by Gasteiger charge is 2.21. The van der Waals surface area contributed by atoms with Gasteiger partial charge in [-0.3, -0.25) is 4.79 Å². The summed E-state index contributed by atoms with van der Waals surface area (Å²) >= 11 is 0. The van der Waals surface area contributed by atoms with Crippen molar-refractivity contribution in [3.8, 4) is 0 Å². The topological polar surface area (TPSA) is 56.9 Å². The van der Waals surface area contributed by atoms with Crippen molar-refractivity contribution < 1.29 is 4.79 Å². The predicted octanol–water partition coefficient (Wildman–Crippen LogP) is 0.283. The van der Waals surface area contributed by atoms with Crippen molar-refractivity contribution in [3.05, 3.63) is 24.0 Å². The molecule has 2 rings (SSSR count). The third-order valence-corrected chi connectivity index (χ3v) is 2.79. The summed E-state index contributed by atoms with van der Waals surface area (Å²) in [6.07, 6.45) is 3.74. The summed E-state index contributed by atoms with van der Waals surface area (Å²) in [5.74, 6) is 0.361. The molecule has 3 N–H and O–H groups in total. The summed E-state index contributed by atoms with van der Waals surface area (Å²) in [5, 5.41) is 6.15. The molecular formula is C11H17N3O. The molecule has 1 amide bonds. The number of carbonyl (C=O) groups is 1. The van der Waals surface area contributed by atoms with Gasteiger partial charge in [0.25, 0.3) is 0 Å². The van der Waals surface area contributed by atoms with E-state index in [1.165, 1.54) is 5.69 Å². The van der Waals surface area contributed by atoms with Gasteiger partial charge in [0.2, 0.25) is 5.91 Å². The lowest BCUT2D eigenvalue weighted by molar-refractivity contribution is -0.124. The van der Waals surface area contributed by atoms with Crippen molar-refractivity contribution in [2.45, 2.75) is 12.8 Å². The summed E-state index contributed by atoms with van der Waals surface area (Å²) in [4.78, 5) is 14.7. The molecule has 1 unspecified atom stereocenters. The zero-order chi connectivity index (χ0) is 10.5. The molecule has 0 aliphatic carbocycles. The second-order valence-electron chi connectivity index (χ2n) is 3.93.